The van der Waals surface area contributed by atoms with Crippen molar-refractivity contribution in [2.24, 2.45) is 0 Å². The molecule has 1 aromatic carbocycles. The van der Waals surface area contributed by atoms with Crippen molar-refractivity contribution in [1.82, 2.24) is 4.98 Å². The lowest BCUT2D eigenvalue weighted by atomic mass is 10.2. The average Bonchev–Trinajstić information content (AvgIpc) is 2.28. The van der Waals surface area contributed by atoms with Crippen molar-refractivity contribution in [2.45, 2.75) is 0 Å². The van der Waals surface area contributed by atoms with Crippen LogP contribution in [0, 0.1) is 11.6 Å². The molecule has 2 rings (SSSR count). The molecule has 0 unspecified atom stereocenters. The number of halogens is 3. The molecule has 0 atom stereocenters. The van der Waals surface area contributed by atoms with Crippen molar-refractivity contribution in [3.05, 3.63) is 58.9 Å². The summed E-state index contributed by atoms with van der Waals surface area (Å²) >= 11 is 5.63. The Bertz CT molecular complexity index is 584. The maximum atomic E-state index is 13.3. The van der Waals surface area contributed by atoms with E-state index >= 15 is 0 Å². The molecule has 0 saturated carbocycles. The summed E-state index contributed by atoms with van der Waals surface area (Å²) in [5.74, 6) is -3.12. The Balaban J connectivity index is 2.28. The number of nitrogens with zero attached hydrogens (tertiary/aromatic N) is 1. The fraction of sp³-hybridized carbons (Fsp3) is 0. The molecule has 0 aliphatic rings. The van der Waals surface area contributed by atoms with E-state index in [2.05, 4.69) is 4.98 Å². The standard InChI is InChI=1S/C12H6ClF2NO2/c13-7-4-8(6-16-5-7)18-12(17)11-9(14)2-1-3-10(11)15/h1-6H. The summed E-state index contributed by atoms with van der Waals surface area (Å²) in [6.45, 7) is 0. The third-order valence-electron chi connectivity index (χ3n) is 2.06. The Labute approximate surface area is 106 Å². The number of carbonyl (C=O) groups excluding carboxylic acids is 1. The summed E-state index contributed by atoms with van der Waals surface area (Å²) in [6.07, 6.45) is 2.55. The predicted octanol–water partition coefficient (Wildman–Crippen LogP) is 3.23. The smallest absolute Gasteiger partial charge is 0.349 e. The maximum Gasteiger partial charge on any atom is 0.349 e. The van der Waals surface area contributed by atoms with Gasteiger partial charge < -0.3 is 4.74 Å². The zero-order chi connectivity index (χ0) is 13.1. The van der Waals surface area contributed by atoms with Crippen molar-refractivity contribution in [2.75, 3.05) is 0 Å². The number of rotatable bonds is 2. The molecule has 0 N–H and O–H groups in total. The quantitative estimate of drug-likeness (QED) is 0.786. The van der Waals surface area contributed by atoms with E-state index < -0.39 is 23.2 Å². The molecule has 0 radical (unpaired) electrons. The normalized spacial score (nSPS) is 10.2. The second-order valence-electron chi connectivity index (χ2n) is 3.33. The van der Waals surface area contributed by atoms with Crippen LogP contribution >= 0.6 is 11.6 Å². The topological polar surface area (TPSA) is 39.2 Å². The van der Waals surface area contributed by atoms with Gasteiger partial charge >= 0.3 is 5.97 Å². The third-order valence-corrected chi connectivity index (χ3v) is 2.26. The molecule has 0 saturated heterocycles. The number of ether oxygens (including phenoxy) is 1. The summed E-state index contributed by atoms with van der Waals surface area (Å²) in [6, 6.07) is 4.40. The number of hydrogen-bond acceptors (Lipinski definition) is 3. The van der Waals surface area contributed by atoms with Gasteiger partial charge in [0.2, 0.25) is 0 Å². The average molecular weight is 270 g/mol. The first-order valence-electron chi connectivity index (χ1n) is 4.84. The van der Waals surface area contributed by atoms with Crippen molar-refractivity contribution >= 4 is 17.6 Å². The molecule has 0 bridgehead atoms. The lowest BCUT2D eigenvalue weighted by Crippen LogP contribution is -2.13. The van der Waals surface area contributed by atoms with Gasteiger partial charge in [-0.2, -0.15) is 0 Å². The van der Waals surface area contributed by atoms with E-state index in [0.29, 0.717) is 0 Å². The molecule has 0 aliphatic heterocycles. The fourth-order valence-electron chi connectivity index (χ4n) is 1.30. The Morgan fingerprint density at radius 2 is 1.89 bits per heavy atom. The molecule has 0 amide bonds. The van der Waals surface area contributed by atoms with Gasteiger partial charge in [0.05, 0.1) is 11.2 Å². The Morgan fingerprint density at radius 3 is 2.50 bits per heavy atom. The van der Waals surface area contributed by atoms with Crippen molar-refractivity contribution in [3.63, 3.8) is 0 Å². The Morgan fingerprint density at radius 1 is 1.22 bits per heavy atom. The van der Waals surface area contributed by atoms with Gasteiger partial charge in [-0.3, -0.25) is 4.98 Å². The summed E-state index contributed by atoms with van der Waals surface area (Å²) in [5.41, 5.74) is -0.752. The summed E-state index contributed by atoms with van der Waals surface area (Å²) < 4.78 is 31.4. The highest BCUT2D eigenvalue weighted by Gasteiger charge is 2.19. The van der Waals surface area contributed by atoms with Crippen molar-refractivity contribution < 1.29 is 18.3 Å². The van der Waals surface area contributed by atoms with Gasteiger partial charge in [0, 0.05) is 12.3 Å². The number of carbonyl (C=O) groups is 1. The van der Waals surface area contributed by atoms with Gasteiger partial charge in [0.15, 0.2) is 5.75 Å². The van der Waals surface area contributed by atoms with Crippen molar-refractivity contribution in [3.8, 4) is 5.75 Å². The fourth-order valence-corrected chi connectivity index (χ4v) is 1.46. The highest BCUT2D eigenvalue weighted by atomic mass is 35.5. The molecule has 92 valence electrons. The van der Waals surface area contributed by atoms with Crippen molar-refractivity contribution in [1.29, 1.82) is 0 Å². The van der Waals surface area contributed by atoms with Crippen LogP contribution in [-0.2, 0) is 0 Å². The van der Waals surface area contributed by atoms with Gasteiger partial charge in [-0.15, -0.1) is 0 Å². The Hall–Kier alpha value is -2.01. The van der Waals surface area contributed by atoms with Crippen LogP contribution in [0.5, 0.6) is 5.75 Å². The largest absolute Gasteiger partial charge is 0.421 e. The van der Waals surface area contributed by atoms with E-state index in [1.807, 2.05) is 0 Å². The number of benzene rings is 1. The van der Waals surface area contributed by atoms with Gasteiger partial charge in [-0.25, -0.2) is 13.6 Å². The van der Waals surface area contributed by atoms with Gasteiger partial charge in [-0.05, 0) is 12.1 Å². The molecular formula is C12H6ClF2NO2. The monoisotopic (exact) mass is 269 g/mol. The molecular weight excluding hydrogens is 264 g/mol. The minimum Gasteiger partial charge on any atom is -0.421 e. The SMILES string of the molecule is O=C(Oc1cncc(Cl)c1)c1c(F)cccc1F. The maximum absolute atomic E-state index is 13.3. The van der Waals surface area contributed by atoms with Crippen LogP contribution in [-0.4, -0.2) is 11.0 Å². The van der Waals surface area contributed by atoms with E-state index in [4.69, 9.17) is 16.3 Å². The summed E-state index contributed by atoms with van der Waals surface area (Å²) in [4.78, 5) is 15.3. The minimum atomic E-state index is -1.14. The molecule has 1 aromatic heterocycles. The van der Waals surface area contributed by atoms with Crippen LogP contribution in [0.1, 0.15) is 10.4 Å². The van der Waals surface area contributed by atoms with Crippen LogP contribution in [0.4, 0.5) is 8.78 Å². The first-order chi connectivity index (χ1) is 8.58. The first kappa shape index (κ1) is 12.4. The van der Waals surface area contributed by atoms with Gasteiger partial charge in [-0.1, -0.05) is 17.7 Å². The molecule has 3 nitrogen and oxygen atoms in total. The second kappa shape index (κ2) is 5.10. The van der Waals surface area contributed by atoms with E-state index in [9.17, 15) is 13.6 Å². The highest BCUT2D eigenvalue weighted by Crippen LogP contribution is 2.19. The van der Waals surface area contributed by atoms with Gasteiger partial charge in [0.25, 0.3) is 0 Å². The Kier molecular flexibility index (Phi) is 3.53. The van der Waals surface area contributed by atoms with E-state index in [-0.39, 0.29) is 10.8 Å². The van der Waals surface area contributed by atoms with Gasteiger partial charge in [0.1, 0.15) is 17.2 Å². The van der Waals surface area contributed by atoms with E-state index in [0.717, 1.165) is 18.2 Å². The molecule has 2 aromatic rings. The predicted molar refractivity (Wildman–Crippen MR) is 60.6 cm³/mol. The molecule has 18 heavy (non-hydrogen) atoms. The lowest BCUT2D eigenvalue weighted by Gasteiger charge is -2.05. The molecule has 6 heteroatoms. The minimum absolute atomic E-state index is 0.00940. The third kappa shape index (κ3) is 2.62. The molecule has 0 fully saturated rings. The molecule has 0 aliphatic carbocycles. The van der Waals surface area contributed by atoms with Crippen LogP contribution in [0.15, 0.2) is 36.7 Å². The zero-order valence-corrected chi connectivity index (χ0v) is 9.62. The zero-order valence-electron chi connectivity index (χ0n) is 8.86. The molecule has 0 spiro atoms. The number of pyridine rings is 1. The number of esters is 1. The summed E-state index contributed by atoms with van der Waals surface area (Å²) in [7, 11) is 0. The summed E-state index contributed by atoms with van der Waals surface area (Å²) in [5, 5.41) is 0.245. The first-order valence-corrected chi connectivity index (χ1v) is 5.22. The number of aromatic nitrogens is 1. The van der Waals surface area contributed by atoms with Crippen LogP contribution in [0.25, 0.3) is 0 Å². The second-order valence-corrected chi connectivity index (χ2v) is 3.76. The van der Waals surface area contributed by atoms with E-state index in [1.54, 1.807) is 0 Å². The number of hydrogen-bond donors (Lipinski definition) is 0. The lowest BCUT2D eigenvalue weighted by molar-refractivity contribution is 0.0724. The highest BCUT2D eigenvalue weighted by molar-refractivity contribution is 6.30. The van der Waals surface area contributed by atoms with Crippen LogP contribution < -0.4 is 4.74 Å². The molecule has 1 heterocycles. The van der Waals surface area contributed by atoms with E-state index in [1.165, 1.54) is 18.5 Å². The van der Waals surface area contributed by atoms with Crippen LogP contribution in [0.3, 0.4) is 0 Å². The van der Waals surface area contributed by atoms with Crippen LogP contribution in [0.2, 0.25) is 5.02 Å².